The molecule has 0 bridgehead atoms. The maximum atomic E-state index is 13.0. The molecule has 4 rings (SSSR count). The second kappa shape index (κ2) is 6.55. The quantitative estimate of drug-likeness (QED) is 0.379. The van der Waals surface area contributed by atoms with Gasteiger partial charge in [-0.2, -0.15) is 5.10 Å². The molecule has 0 fully saturated rings. The summed E-state index contributed by atoms with van der Waals surface area (Å²) in [7, 11) is 1.78. The molecule has 1 aromatic carbocycles. The van der Waals surface area contributed by atoms with Crippen molar-refractivity contribution in [3.05, 3.63) is 64.5 Å². The number of furan rings is 1. The Kier molecular flexibility index (Phi) is 4.20. The third kappa shape index (κ3) is 3.08. The van der Waals surface area contributed by atoms with Gasteiger partial charge in [0, 0.05) is 7.05 Å². The van der Waals surface area contributed by atoms with Crippen LogP contribution in [0.25, 0.3) is 22.5 Å². The lowest BCUT2D eigenvalue weighted by molar-refractivity contribution is 0.0737. The van der Waals surface area contributed by atoms with Crippen molar-refractivity contribution in [2.45, 2.75) is 13.8 Å². The first-order valence-electron chi connectivity index (χ1n) is 8.30. The number of carbonyl (C=O) groups is 1. The number of hydrogen-bond donors (Lipinski definition) is 0. The van der Waals surface area contributed by atoms with Crippen molar-refractivity contribution in [1.29, 1.82) is 0 Å². The van der Waals surface area contributed by atoms with E-state index in [4.69, 9.17) is 20.8 Å². The molecule has 0 amide bonds. The van der Waals surface area contributed by atoms with Crippen LogP contribution in [0.4, 0.5) is 0 Å². The second-order valence-corrected chi connectivity index (χ2v) is 6.67. The summed E-state index contributed by atoms with van der Waals surface area (Å²) in [5, 5.41) is 5.39. The normalized spacial score (nSPS) is 11.1. The second-order valence-electron chi connectivity index (χ2n) is 6.26. The Hall–Kier alpha value is -3.12. The van der Waals surface area contributed by atoms with Crippen LogP contribution in [-0.2, 0) is 7.05 Å². The number of aryl methyl sites for hydroxylation is 3. The molecule has 3 heterocycles. The number of ether oxygens (including phenoxy) is 1. The van der Waals surface area contributed by atoms with E-state index in [0.29, 0.717) is 44.5 Å². The fraction of sp³-hybridized carbons (Fsp3) is 0.150. The maximum absolute atomic E-state index is 13.0. The van der Waals surface area contributed by atoms with Crippen molar-refractivity contribution >= 4 is 28.6 Å². The molecule has 7 heteroatoms. The Bertz CT molecular complexity index is 1160. The van der Waals surface area contributed by atoms with Crippen molar-refractivity contribution in [2.75, 3.05) is 0 Å². The predicted molar refractivity (Wildman–Crippen MR) is 102 cm³/mol. The first-order chi connectivity index (χ1) is 12.9. The molecule has 0 radical (unpaired) electrons. The third-order valence-electron chi connectivity index (χ3n) is 4.25. The van der Waals surface area contributed by atoms with Gasteiger partial charge in [-0.1, -0.05) is 17.7 Å². The fourth-order valence-corrected chi connectivity index (χ4v) is 3.16. The van der Waals surface area contributed by atoms with E-state index >= 15 is 0 Å². The molecule has 0 aliphatic carbocycles. The Labute approximate surface area is 160 Å². The standard InChI is InChI=1S/C20H16ClN3O3/c1-11-6-7-14(21)17(9-11)27-20(25)13-10-15(16-5-4-8-26-16)22-19-18(13)12(2)23-24(19)3/h4-10H,1-3H3. The van der Waals surface area contributed by atoms with Crippen LogP contribution in [-0.4, -0.2) is 20.7 Å². The van der Waals surface area contributed by atoms with Crippen LogP contribution in [0.3, 0.4) is 0 Å². The minimum absolute atomic E-state index is 0.313. The molecule has 0 saturated carbocycles. The van der Waals surface area contributed by atoms with E-state index in [0.717, 1.165) is 5.56 Å². The highest BCUT2D eigenvalue weighted by Gasteiger charge is 2.22. The summed E-state index contributed by atoms with van der Waals surface area (Å²) in [4.78, 5) is 17.6. The minimum atomic E-state index is -0.529. The molecule has 0 atom stereocenters. The lowest BCUT2D eigenvalue weighted by Gasteiger charge is -2.09. The molecule has 27 heavy (non-hydrogen) atoms. The number of hydrogen-bond acceptors (Lipinski definition) is 5. The lowest BCUT2D eigenvalue weighted by Crippen LogP contribution is -2.11. The van der Waals surface area contributed by atoms with Crippen LogP contribution < -0.4 is 4.74 Å². The topological polar surface area (TPSA) is 70.2 Å². The fourth-order valence-electron chi connectivity index (χ4n) is 3.00. The van der Waals surface area contributed by atoms with Gasteiger partial charge in [-0.15, -0.1) is 0 Å². The monoisotopic (exact) mass is 381 g/mol. The van der Waals surface area contributed by atoms with Crippen LogP contribution in [0.2, 0.25) is 5.02 Å². The summed E-state index contributed by atoms with van der Waals surface area (Å²) in [6, 6.07) is 10.5. The van der Waals surface area contributed by atoms with Crippen LogP contribution in [0, 0.1) is 13.8 Å². The van der Waals surface area contributed by atoms with Gasteiger partial charge in [0.05, 0.1) is 27.9 Å². The van der Waals surface area contributed by atoms with Gasteiger partial charge in [0.1, 0.15) is 11.4 Å². The Balaban J connectivity index is 1.86. The molecule has 4 aromatic rings. The van der Waals surface area contributed by atoms with E-state index in [1.165, 1.54) is 0 Å². The van der Waals surface area contributed by atoms with Crippen molar-refractivity contribution in [3.63, 3.8) is 0 Å². The van der Waals surface area contributed by atoms with Gasteiger partial charge in [-0.3, -0.25) is 4.68 Å². The molecule has 3 aromatic heterocycles. The molecule has 6 nitrogen and oxygen atoms in total. The summed E-state index contributed by atoms with van der Waals surface area (Å²) in [6.45, 7) is 3.73. The average molecular weight is 382 g/mol. The highest BCUT2D eigenvalue weighted by molar-refractivity contribution is 6.32. The highest BCUT2D eigenvalue weighted by atomic mass is 35.5. The van der Waals surface area contributed by atoms with Gasteiger partial charge < -0.3 is 9.15 Å². The number of fused-ring (bicyclic) bond motifs is 1. The molecule has 0 aliphatic rings. The van der Waals surface area contributed by atoms with Crippen LogP contribution >= 0.6 is 11.6 Å². The van der Waals surface area contributed by atoms with E-state index in [2.05, 4.69) is 10.1 Å². The summed E-state index contributed by atoms with van der Waals surface area (Å²) in [5.41, 5.74) is 3.08. The van der Waals surface area contributed by atoms with Gasteiger partial charge in [0.25, 0.3) is 0 Å². The molecule has 0 aliphatic heterocycles. The van der Waals surface area contributed by atoms with Gasteiger partial charge in [-0.25, -0.2) is 9.78 Å². The van der Waals surface area contributed by atoms with Crippen molar-refractivity contribution in [3.8, 4) is 17.2 Å². The van der Waals surface area contributed by atoms with E-state index in [1.807, 2.05) is 19.9 Å². The summed E-state index contributed by atoms with van der Waals surface area (Å²) in [5.74, 6) is 0.338. The first kappa shape index (κ1) is 17.3. The van der Waals surface area contributed by atoms with Crippen LogP contribution in [0.15, 0.2) is 47.1 Å². The molecule has 0 N–H and O–H groups in total. The van der Waals surface area contributed by atoms with E-state index < -0.39 is 5.97 Å². The van der Waals surface area contributed by atoms with Gasteiger partial charge in [0.15, 0.2) is 11.4 Å². The molecule has 0 unspecified atom stereocenters. The molecule has 0 spiro atoms. The number of esters is 1. The highest BCUT2D eigenvalue weighted by Crippen LogP contribution is 2.30. The number of carbonyl (C=O) groups excluding carboxylic acids is 1. The molecular weight excluding hydrogens is 366 g/mol. The molecule has 0 saturated heterocycles. The van der Waals surface area contributed by atoms with Crippen molar-refractivity contribution < 1.29 is 13.9 Å². The zero-order chi connectivity index (χ0) is 19.1. The largest absolute Gasteiger partial charge is 0.463 e. The van der Waals surface area contributed by atoms with Gasteiger partial charge in [-0.05, 0) is 49.7 Å². The SMILES string of the molecule is Cc1ccc(Cl)c(OC(=O)c2cc(-c3ccco3)nc3c2c(C)nn3C)c1. The van der Waals surface area contributed by atoms with Crippen molar-refractivity contribution in [2.24, 2.45) is 7.05 Å². The summed E-state index contributed by atoms with van der Waals surface area (Å²) >= 11 is 6.17. The van der Waals surface area contributed by atoms with Crippen LogP contribution in [0.1, 0.15) is 21.6 Å². The maximum Gasteiger partial charge on any atom is 0.344 e. The zero-order valence-electron chi connectivity index (χ0n) is 15.0. The number of pyridine rings is 1. The van der Waals surface area contributed by atoms with Gasteiger partial charge in [0.2, 0.25) is 0 Å². The molecular formula is C20H16ClN3O3. The Morgan fingerprint density at radius 3 is 2.78 bits per heavy atom. The van der Waals surface area contributed by atoms with Crippen LogP contribution in [0.5, 0.6) is 5.75 Å². The summed E-state index contributed by atoms with van der Waals surface area (Å²) in [6.07, 6.45) is 1.56. The first-order valence-corrected chi connectivity index (χ1v) is 8.68. The van der Waals surface area contributed by atoms with Gasteiger partial charge >= 0.3 is 5.97 Å². The average Bonchev–Trinajstić information content (AvgIpc) is 3.26. The number of nitrogens with zero attached hydrogens (tertiary/aromatic N) is 3. The lowest BCUT2D eigenvalue weighted by atomic mass is 10.1. The minimum Gasteiger partial charge on any atom is -0.463 e. The Morgan fingerprint density at radius 1 is 1.22 bits per heavy atom. The smallest absolute Gasteiger partial charge is 0.344 e. The van der Waals surface area contributed by atoms with E-state index in [-0.39, 0.29) is 0 Å². The Morgan fingerprint density at radius 2 is 2.04 bits per heavy atom. The molecule has 136 valence electrons. The van der Waals surface area contributed by atoms with Crippen molar-refractivity contribution in [1.82, 2.24) is 14.8 Å². The van der Waals surface area contributed by atoms with E-state index in [9.17, 15) is 4.79 Å². The number of rotatable bonds is 3. The predicted octanol–water partition coefficient (Wildman–Crippen LogP) is 4.72. The van der Waals surface area contributed by atoms with E-state index in [1.54, 1.807) is 48.3 Å². The zero-order valence-corrected chi connectivity index (χ0v) is 15.7. The third-order valence-corrected chi connectivity index (χ3v) is 4.56. The number of halogens is 1. The number of benzene rings is 1. The summed E-state index contributed by atoms with van der Waals surface area (Å²) < 4.78 is 12.7. The number of aromatic nitrogens is 3.